The third-order valence-corrected chi connectivity index (χ3v) is 3.51. The van der Waals surface area contributed by atoms with Crippen molar-refractivity contribution in [1.29, 1.82) is 0 Å². The molecule has 1 N–H and O–H groups in total. The van der Waals surface area contributed by atoms with Crippen molar-refractivity contribution in [3.8, 4) is 0 Å². The highest BCUT2D eigenvalue weighted by Gasteiger charge is 2.34. The normalized spacial score (nSPS) is 22.1. The van der Waals surface area contributed by atoms with Gasteiger partial charge in [0.2, 0.25) is 0 Å². The molecule has 5 heteroatoms. The van der Waals surface area contributed by atoms with E-state index < -0.39 is 0 Å². The van der Waals surface area contributed by atoms with Crippen LogP contribution < -0.4 is 4.90 Å². The summed E-state index contributed by atoms with van der Waals surface area (Å²) in [6, 6.07) is 7.97. The van der Waals surface area contributed by atoms with Crippen LogP contribution in [0.15, 0.2) is 30.6 Å². The fraction of sp³-hybridized carbons (Fsp3) is 0.467. The molecular weight excluding hydrogens is 254 g/mol. The van der Waals surface area contributed by atoms with Gasteiger partial charge in [0.1, 0.15) is 12.1 Å². The van der Waals surface area contributed by atoms with Gasteiger partial charge in [-0.25, -0.2) is 9.97 Å². The van der Waals surface area contributed by atoms with Crippen molar-refractivity contribution in [2.45, 2.75) is 25.6 Å². The van der Waals surface area contributed by atoms with Crippen LogP contribution in [-0.2, 0) is 4.74 Å². The average molecular weight is 273 g/mol. The molecule has 0 bridgehead atoms. The van der Waals surface area contributed by atoms with Crippen molar-refractivity contribution >= 4 is 16.7 Å². The van der Waals surface area contributed by atoms with Crippen LogP contribution in [0.25, 0.3) is 10.9 Å². The van der Waals surface area contributed by atoms with E-state index in [4.69, 9.17) is 4.74 Å². The summed E-state index contributed by atoms with van der Waals surface area (Å²) in [6.07, 6.45) is 1.40. The lowest BCUT2D eigenvalue weighted by Gasteiger charge is -2.43. The molecule has 3 rings (SSSR count). The van der Waals surface area contributed by atoms with E-state index in [-0.39, 0.29) is 18.3 Å². The van der Waals surface area contributed by atoms with Crippen LogP contribution in [0, 0.1) is 0 Å². The van der Waals surface area contributed by atoms with Gasteiger partial charge in [0.25, 0.3) is 0 Å². The van der Waals surface area contributed by atoms with Crippen LogP contribution in [0.3, 0.4) is 0 Å². The van der Waals surface area contributed by atoms with Crippen molar-refractivity contribution in [3.05, 3.63) is 30.6 Å². The van der Waals surface area contributed by atoms with Crippen molar-refractivity contribution in [2.24, 2.45) is 0 Å². The predicted octanol–water partition coefficient (Wildman–Crippen LogP) is 1.61. The van der Waals surface area contributed by atoms with Crippen molar-refractivity contribution in [1.82, 2.24) is 9.97 Å². The SMILES string of the molecule is CC1(C)CN(c2ncnc3ccccc23)CC(CO)O1. The van der Waals surface area contributed by atoms with E-state index in [1.54, 1.807) is 6.33 Å². The van der Waals surface area contributed by atoms with Crippen LogP contribution in [0.2, 0.25) is 0 Å². The first-order chi connectivity index (χ1) is 9.59. The van der Waals surface area contributed by atoms with E-state index in [0.29, 0.717) is 6.54 Å². The maximum Gasteiger partial charge on any atom is 0.140 e. The second-order valence-corrected chi connectivity index (χ2v) is 5.78. The van der Waals surface area contributed by atoms with Crippen LogP contribution in [0.4, 0.5) is 5.82 Å². The summed E-state index contributed by atoms with van der Waals surface area (Å²) in [4.78, 5) is 10.9. The number of hydrogen-bond donors (Lipinski definition) is 1. The van der Waals surface area contributed by atoms with Gasteiger partial charge in [0.05, 0.1) is 23.8 Å². The standard InChI is InChI=1S/C15H19N3O2/c1-15(2)9-18(7-11(8-19)20-15)14-12-5-3-4-6-13(12)16-10-17-14/h3-6,10-11,19H,7-9H2,1-2H3. The molecule has 20 heavy (non-hydrogen) atoms. The fourth-order valence-electron chi connectivity index (χ4n) is 2.79. The molecule has 1 aromatic carbocycles. The van der Waals surface area contributed by atoms with Gasteiger partial charge in [-0.3, -0.25) is 0 Å². The highest BCUT2D eigenvalue weighted by Crippen LogP contribution is 2.28. The fourth-order valence-corrected chi connectivity index (χ4v) is 2.79. The summed E-state index contributed by atoms with van der Waals surface area (Å²) in [5, 5.41) is 10.4. The highest BCUT2D eigenvalue weighted by molar-refractivity contribution is 5.89. The first-order valence-corrected chi connectivity index (χ1v) is 6.82. The predicted molar refractivity (Wildman–Crippen MR) is 77.8 cm³/mol. The van der Waals surface area contributed by atoms with Gasteiger partial charge >= 0.3 is 0 Å². The molecule has 106 valence electrons. The van der Waals surface area contributed by atoms with Crippen LogP contribution in [-0.4, -0.2) is 46.5 Å². The van der Waals surface area contributed by atoms with E-state index in [1.165, 1.54) is 0 Å². The number of rotatable bonds is 2. The Hall–Kier alpha value is -1.72. The summed E-state index contributed by atoms with van der Waals surface area (Å²) < 4.78 is 5.85. The Labute approximate surface area is 118 Å². The highest BCUT2D eigenvalue weighted by atomic mass is 16.5. The number of benzene rings is 1. The quantitative estimate of drug-likeness (QED) is 0.900. The summed E-state index contributed by atoms with van der Waals surface area (Å²) in [7, 11) is 0. The van der Waals surface area contributed by atoms with Gasteiger partial charge in [-0.05, 0) is 26.0 Å². The maximum atomic E-state index is 9.42. The van der Waals surface area contributed by atoms with E-state index in [0.717, 1.165) is 23.3 Å². The monoisotopic (exact) mass is 273 g/mol. The van der Waals surface area contributed by atoms with Crippen LogP contribution >= 0.6 is 0 Å². The number of aliphatic hydroxyl groups is 1. The van der Waals surface area contributed by atoms with E-state index in [9.17, 15) is 5.11 Å². The Morgan fingerprint density at radius 3 is 2.95 bits per heavy atom. The smallest absolute Gasteiger partial charge is 0.140 e. The average Bonchev–Trinajstić information content (AvgIpc) is 2.45. The molecule has 0 spiro atoms. The lowest BCUT2D eigenvalue weighted by Crippen LogP contribution is -2.54. The Bertz CT molecular complexity index is 610. The van der Waals surface area contributed by atoms with Gasteiger partial charge in [-0.2, -0.15) is 0 Å². The minimum absolute atomic E-state index is 0.0168. The number of nitrogens with zero attached hydrogens (tertiary/aromatic N) is 3. The molecule has 1 aromatic heterocycles. The molecular formula is C15H19N3O2. The first-order valence-electron chi connectivity index (χ1n) is 6.82. The Balaban J connectivity index is 2.01. The molecule has 0 radical (unpaired) electrons. The lowest BCUT2D eigenvalue weighted by molar-refractivity contribution is -0.101. The number of morpholine rings is 1. The van der Waals surface area contributed by atoms with Crippen molar-refractivity contribution < 1.29 is 9.84 Å². The molecule has 2 heterocycles. The molecule has 1 fully saturated rings. The molecule has 1 atom stereocenters. The van der Waals surface area contributed by atoms with Gasteiger partial charge in [-0.15, -0.1) is 0 Å². The number of anilines is 1. The van der Waals surface area contributed by atoms with Gasteiger partial charge in [0, 0.05) is 18.5 Å². The van der Waals surface area contributed by atoms with E-state index in [2.05, 4.69) is 14.9 Å². The minimum atomic E-state index is -0.308. The molecule has 1 aliphatic rings. The summed E-state index contributed by atoms with van der Waals surface area (Å²) >= 11 is 0. The lowest BCUT2D eigenvalue weighted by atomic mass is 10.0. The summed E-state index contributed by atoms with van der Waals surface area (Å²) in [5.74, 6) is 0.908. The van der Waals surface area contributed by atoms with Crippen molar-refractivity contribution in [3.63, 3.8) is 0 Å². The zero-order valence-electron chi connectivity index (χ0n) is 11.8. The number of para-hydroxylation sites is 1. The Morgan fingerprint density at radius 2 is 2.15 bits per heavy atom. The molecule has 2 aromatic rings. The maximum absolute atomic E-state index is 9.42. The van der Waals surface area contributed by atoms with E-state index >= 15 is 0 Å². The van der Waals surface area contributed by atoms with Crippen LogP contribution in [0.1, 0.15) is 13.8 Å². The molecule has 1 unspecified atom stereocenters. The second kappa shape index (κ2) is 5.00. The minimum Gasteiger partial charge on any atom is -0.394 e. The Kier molecular flexibility index (Phi) is 3.31. The molecule has 0 saturated carbocycles. The first kappa shape index (κ1) is 13.3. The molecule has 1 aliphatic heterocycles. The third-order valence-electron chi connectivity index (χ3n) is 3.51. The molecule has 5 nitrogen and oxygen atoms in total. The Morgan fingerprint density at radius 1 is 1.35 bits per heavy atom. The molecule has 0 aliphatic carbocycles. The van der Waals surface area contributed by atoms with Crippen molar-refractivity contribution in [2.75, 3.05) is 24.6 Å². The second-order valence-electron chi connectivity index (χ2n) is 5.78. The number of fused-ring (bicyclic) bond motifs is 1. The zero-order chi connectivity index (χ0) is 14.2. The summed E-state index contributed by atoms with van der Waals surface area (Å²) in [6.45, 7) is 5.46. The van der Waals surface area contributed by atoms with Gasteiger partial charge < -0.3 is 14.7 Å². The van der Waals surface area contributed by atoms with Gasteiger partial charge in [-0.1, -0.05) is 12.1 Å². The number of aliphatic hydroxyl groups excluding tert-OH is 1. The largest absolute Gasteiger partial charge is 0.394 e. The molecule has 0 amide bonds. The zero-order valence-corrected chi connectivity index (χ0v) is 11.8. The number of hydrogen-bond acceptors (Lipinski definition) is 5. The topological polar surface area (TPSA) is 58.5 Å². The number of aromatic nitrogens is 2. The third kappa shape index (κ3) is 2.46. The van der Waals surface area contributed by atoms with E-state index in [1.807, 2.05) is 38.1 Å². The molecule has 1 saturated heterocycles. The van der Waals surface area contributed by atoms with Gasteiger partial charge in [0.15, 0.2) is 0 Å². The summed E-state index contributed by atoms with van der Waals surface area (Å²) in [5.41, 5.74) is 0.625. The van der Waals surface area contributed by atoms with Crippen LogP contribution in [0.5, 0.6) is 0 Å². The number of ether oxygens (including phenoxy) is 1.